The van der Waals surface area contributed by atoms with E-state index in [1.807, 2.05) is 17.0 Å². The number of methoxy groups -OCH3 is 2. The smallest absolute Gasteiger partial charge is 0.298 e. The Balaban J connectivity index is 1.25. The molecule has 2 bridgehead atoms. The van der Waals surface area contributed by atoms with Gasteiger partial charge in [0, 0.05) is 37.3 Å². The topological polar surface area (TPSA) is 98.8 Å². The number of amides is 1. The van der Waals surface area contributed by atoms with Crippen LogP contribution in [0.5, 0.6) is 11.5 Å². The van der Waals surface area contributed by atoms with Crippen molar-refractivity contribution < 1.29 is 18.7 Å². The number of benzene rings is 2. The number of carbonyl (C=O) groups is 1. The van der Waals surface area contributed by atoms with Crippen LogP contribution in [-0.2, 0) is 0 Å². The number of likely N-dealkylation sites (tertiary alicyclic amines) is 1. The Hall–Kier alpha value is -3.79. The summed E-state index contributed by atoms with van der Waals surface area (Å²) >= 11 is 6.11. The molecule has 0 spiro atoms. The first-order chi connectivity index (χ1) is 17.5. The monoisotopic (exact) mass is 508 g/mol. The number of piperidine rings is 2. The molecule has 2 aliphatic heterocycles. The number of hydrogen-bond acceptors (Lipinski definition) is 8. The molecule has 2 saturated heterocycles. The van der Waals surface area contributed by atoms with Gasteiger partial charge < -0.3 is 23.7 Å². The molecular formula is C25H25ClN6O4. The third kappa shape index (κ3) is 4.01. The molecule has 2 atom stereocenters. The van der Waals surface area contributed by atoms with Crippen LogP contribution in [0.1, 0.15) is 16.8 Å². The summed E-state index contributed by atoms with van der Waals surface area (Å²) in [4.78, 5) is 24.0. The van der Waals surface area contributed by atoms with Gasteiger partial charge in [0.2, 0.25) is 0 Å². The fraction of sp³-hybridized carbons (Fsp3) is 0.360. The SMILES string of the molecule is COc1cc(C(=O)N2CC3CC(C2)CN(c2nc4cc(Cl)ccc4o2)C3)c(-n2nccn2)cc1OC. The number of oxazole rings is 1. The molecule has 2 fully saturated rings. The van der Waals surface area contributed by atoms with Crippen molar-refractivity contribution in [3.8, 4) is 17.2 Å². The molecule has 2 unspecified atom stereocenters. The summed E-state index contributed by atoms with van der Waals surface area (Å²) in [5.74, 6) is 1.50. The number of hydrogen-bond donors (Lipinski definition) is 0. The summed E-state index contributed by atoms with van der Waals surface area (Å²) in [5, 5.41) is 9.10. The first-order valence-corrected chi connectivity index (χ1v) is 12.1. The number of aromatic nitrogens is 4. The standard InChI is InChI=1S/C25H25ClN6O4/c1-34-22-9-18(20(10-23(22)35-2)32-27-5-6-28-32)24(33)30-11-15-7-16(12-30)14-31(13-15)25-29-19-8-17(26)3-4-21(19)36-25/h3-6,8-10,15-16H,7,11-14H2,1-2H3. The number of fused-ring (bicyclic) bond motifs is 3. The molecule has 4 aromatic rings. The maximum Gasteiger partial charge on any atom is 0.298 e. The third-order valence-electron chi connectivity index (χ3n) is 6.84. The second kappa shape index (κ2) is 9.02. The highest BCUT2D eigenvalue weighted by atomic mass is 35.5. The van der Waals surface area contributed by atoms with Gasteiger partial charge in [0.15, 0.2) is 17.1 Å². The Morgan fingerprint density at radius 3 is 2.39 bits per heavy atom. The molecule has 2 aromatic carbocycles. The molecule has 2 aromatic heterocycles. The summed E-state index contributed by atoms with van der Waals surface area (Å²) < 4.78 is 16.9. The number of halogens is 1. The third-order valence-corrected chi connectivity index (χ3v) is 7.08. The number of carbonyl (C=O) groups excluding carboxylic acids is 1. The van der Waals surface area contributed by atoms with E-state index in [4.69, 9.17) is 25.5 Å². The number of rotatable bonds is 5. The molecule has 0 saturated carbocycles. The minimum absolute atomic E-state index is 0.0806. The maximum absolute atomic E-state index is 13.8. The van der Waals surface area contributed by atoms with Crippen LogP contribution < -0.4 is 14.4 Å². The zero-order valence-electron chi connectivity index (χ0n) is 19.9. The zero-order chi connectivity index (χ0) is 24.8. The van der Waals surface area contributed by atoms with E-state index in [0.29, 0.717) is 58.7 Å². The predicted octanol–water partition coefficient (Wildman–Crippen LogP) is 3.68. The van der Waals surface area contributed by atoms with Gasteiger partial charge in [-0.1, -0.05) is 11.6 Å². The Kier molecular flexibility index (Phi) is 5.67. The minimum atomic E-state index is -0.0806. The Labute approximate surface area is 212 Å². The van der Waals surface area contributed by atoms with Crippen molar-refractivity contribution in [2.45, 2.75) is 6.42 Å². The molecular weight excluding hydrogens is 484 g/mol. The van der Waals surface area contributed by atoms with E-state index in [1.54, 1.807) is 44.8 Å². The van der Waals surface area contributed by atoms with Gasteiger partial charge in [-0.2, -0.15) is 20.0 Å². The quantitative estimate of drug-likeness (QED) is 0.402. The van der Waals surface area contributed by atoms with Gasteiger partial charge in [0.1, 0.15) is 11.2 Å². The van der Waals surface area contributed by atoms with Crippen molar-refractivity contribution in [1.82, 2.24) is 24.9 Å². The highest BCUT2D eigenvalue weighted by molar-refractivity contribution is 6.31. The molecule has 186 valence electrons. The molecule has 0 aliphatic carbocycles. The second-order valence-electron chi connectivity index (χ2n) is 9.23. The molecule has 36 heavy (non-hydrogen) atoms. The van der Waals surface area contributed by atoms with Crippen molar-refractivity contribution >= 4 is 34.6 Å². The summed E-state index contributed by atoms with van der Waals surface area (Å²) in [6, 6.07) is 9.50. The molecule has 0 radical (unpaired) electrons. The van der Waals surface area contributed by atoms with Gasteiger partial charge in [-0.3, -0.25) is 4.79 Å². The van der Waals surface area contributed by atoms with Crippen LogP contribution in [0.15, 0.2) is 47.1 Å². The van der Waals surface area contributed by atoms with E-state index >= 15 is 0 Å². The molecule has 2 aliphatic rings. The lowest BCUT2D eigenvalue weighted by Crippen LogP contribution is -2.54. The largest absolute Gasteiger partial charge is 0.493 e. The first-order valence-electron chi connectivity index (χ1n) is 11.8. The van der Waals surface area contributed by atoms with Gasteiger partial charge >= 0.3 is 0 Å². The van der Waals surface area contributed by atoms with Crippen LogP contribution in [0.25, 0.3) is 16.8 Å². The van der Waals surface area contributed by atoms with E-state index in [0.717, 1.165) is 30.6 Å². The fourth-order valence-electron chi connectivity index (χ4n) is 5.34. The van der Waals surface area contributed by atoms with E-state index in [2.05, 4.69) is 20.1 Å². The predicted molar refractivity (Wildman–Crippen MR) is 133 cm³/mol. The highest BCUT2D eigenvalue weighted by Crippen LogP contribution is 2.36. The van der Waals surface area contributed by atoms with Gasteiger partial charge in [-0.25, -0.2) is 0 Å². The molecule has 4 heterocycles. The molecule has 11 heteroatoms. The average Bonchev–Trinajstić information content (AvgIpc) is 3.57. The van der Waals surface area contributed by atoms with Crippen LogP contribution in [0.3, 0.4) is 0 Å². The Bertz CT molecular complexity index is 1410. The fourth-order valence-corrected chi connectivity index (χ4v) is 5.51. The lowest BCUT2D eigenvalue weighted by atomic mass is 9.84. The molecule has 6 rings (SSSR count). The number of anilines is 1. The van der Waals surface area contributed by atoms with Crippen LogP contribution in [0, 0.1) is 11.8 Å². The summed E-state index contributed by atoms with van der Waals surface area (Å²) in [5.41, 5.74) is 2.48. The van der Waals surface area contributed by atoms with Crippen molar-refractivity contribution in [3.05, 3.63) is 53.3 Å². The van der Waals surface area contributed by atoms with Crippen LogP contribution in [0.2, 0.25) is 5.02 Å². The minimum Gasteiger partial charge on any atom is -0.493 e. The summed E-state index contributed by atoms with van der Waals surface area (Å²) in [7, 11) is 3.11. The lowest BCUT2D eigenvalue weighted by Gasteiger charge is -2.45. The van der Waals surface area contributed by atoms with Crippen LogP contribution in [0.4, 0.5) is 6.01 Å². The zero-order valence-corrected chi connectivity index (χ0v) is 20.7. The maximum atomic E-state index is 13.8. The first kappa shape index (κ1) is 22.7. The number of nitrogens with zero attached hydrogens (tertiary/aromatic N) is 6. The van der Waals surface area contributed by atoms with E-state index in [9.17, 15) is 4.79 Å². The van der Waals surface area contributed by atoms with Crippen LogP contribution >= 0.6 is 11.6 Å². The lowest BCUT2D eigenvalue weighted by molar-refractivity contribution is 0.0561. The number of ether oxygens (including phenoxy) is 2. The summed E-state index contributed by atoms with van der Waals surface area (Å²) in [6.45, 7) is 2.80. The van der Waals surface area contributed by atoms with Crippen molar-refractivity contribution in [2.75, 3.05) is 45.3 Å². The summed E-state index contributed by atoms with van der Waals surface area (Å²) in [6.07, 6.45) is 4.21. The molecule has 0 N–H and O–H groups in total. The Morgan fingerprint density at radius 1 is 1.00 bits per heavy atom. The van der Waals surface area contributed by atoms with Gasteiger partial charge in [-0.05, 0) is 42.5 Å². The molecule has 10 nitrogen and oxygen atoms in total. The average molecular weight is 509 g/mol. The van der Waals surface area contributed by atoms with Gasteiger partial charge in [0.05, 0.1) is 32.2 Å². The Morgan fingerprint density at radius 2 is 1.69 bits per heavy atom. The van der Waals surface area contributed by atoms with E-state index in [1.165, 1.54) is 4.80 Å². The van der Waals surface area contributed by atoms with Crippen molar-refractivity contribution in [1.29, 1.82) is 0 Å². The van der Waals surface area contributed by atoms with Crippen LogP contribution in [-0.4, -0.2) is 71.2 Å². The van der Waals surface area contributed by atoms with Crippen molar-refractivity contribution in [2.24, 2.45) is 11.8 Å². The highest BCUT2D eigenvalue weighted by Gasteiger charge is 2.38. The van der Waals surface area contributed by atoms with Gasteiger partial charge in [0.25, 0.3) is 11.9 Å². The van der Waals surface area contributed by atoms with E-state index < -0.39 is 0 Å². The second-order valence-corrected chi connectivity index (χ2v) is 9.67. The molecule has 1 amide bonds. The normalized spacial score (nSPS) is 19.5. The van der Waals surface area contributed by atoms with E-state index in [-0.39, 0.29) is 5.91 Å². The van der Waals surface area contributed by atoms with Gasteiger partial charge in [-0.15, -0.1) is 0 Å². The van der Waals surface area contributed by atoms with Crippen molar-refractivity contribution in [3.63, 3.8) is 0 Å².